The molecule has 0 aliphatic rings. The molecule has 136 valence electrons. The topological polar surface area (TPSA) is 81.7 Å². The zero-order valence-electron chi connectivity index (χ0n) is 14.6. The second kappa shape index (κ2) is 9.50. The highest BCUT2D eigenvalue weighted by atomic mass is 32.2. The third kappa shape index (κ3) is 5.26. The first kappa shape index (κ1) is 19.4. The lowest BCUT2D eigenvalue weighted by Gasteiger charge is -2.16. The Labute approximate surface area is 150 Å². The standard InChI is InChI=1S/C18H25N3O3S/c1-21(2)16-10-6-9-15-14(16)8-7-11-17(15)25(24)19-13-5-3-4-12-18(22)20-23/h6-11,19,23H,3-5,12-13H2,1-2H3,(H,20,22). The van der Waals surface area contributed by atoms with E-state index in [4.69, 9.17) is 5.21 Å². The van der Waals surface area contributed by atoms with Gasteiger partial charge in [0, 0.05) is 43.5 Å². The molecule has 0 saturated carbocycles. The van der Waals surface area contributed by atoms with E-state index in [1.807, 2.05) is 55.4 Å². The number of nitrogens with zero attached hydrogens (tertiary/aromatic N) is 1. The zero-order valence-corrected chi connectivity index (χ0v) is 15.4. The number of nitrogens with one attached hydrogen (secondary N) is 2. The van der Waals surface area contributed by atoms with Crippen LogP contribution in [0.1, 0.15) is 25.7 Å². The van der Waals surface area contributed by atoms with Crippen LogP contribution in [0.3, 0.4) is 0 Å². The van der Waals surface area contributed by atoms with Crippen LogP contribution in [-0.2, 0) is 15.8 Å². The Bertz CT molecular complexity index is 749. The minimum absolute atomic E-state index is 0.302. The Balaban J connectivity index is 1.96. The van der Waals surface area contributed by atoms with Crippen molar-refractivity contribution in [3.05, 3.63) is 36.4 Å². The van der Waals surface area contributed by atoms with Gasteiger partial charge in [-0.25, -0.2) is 14.4 Å². The van der Waals surface area contributed by atoms with Gasteiger partial charge < -0.3 is 4.90 Å². The second-order valence-electron chi connectivity index (χ2n) is 6.03. The summed E-state index contributed by atoms with van der Waals surface area (Å²) in [5, 5.41) is 10.5. The maximum absolute atomic E-state index is 12.6. The molecule has 0 fully saturated rings. The number of carbonyl (C=O) groups excluding carboxylic acids is 1. The van der Waals surface area contributed by atoms with Gasteiger partial charge in [0.1, 0.15) is 11.0 Å². The van der Waals surface area contributed by atoms with Gasteiger partial charge >= 0.3 is 0 Å². The summed E-state index contributed by atoms with van der Waals surface area (Å²) in [4.78, 5) is 13.7. The van der Waals surface area contributed by atoms with Gasteiger partial charge in [-0.2, -0.15) is 0 Å². The van der Waals surface area contributed by atoms with Crippen molar-refractivity contribution >= 4 is 33.4 Å². The number of hydrogen-bond donors (Lipinski definition) is 3. The predicted molar refractivity (Wildman–Crippen MR) is 101 cm³/mol. The van der Waals surface area contributed by atoms with Gasteiger partial charge in [-0.3, -0.25) is 10.0 Å². The summed E-state index contributed by atoms with van der Waals surface area (Å²) in [5.41, 5.74) is 2.71. The molecule has 0 spiro atoms. The largest absolute Gasteiger partial charge is 0.377 e. The van der Waals surface area contributed by atoms with Crippen molar-refractivity contribution in [2.24, 2.45) is 0 Å². The molecule has 2 aromatic carbocycles. The molecule has 6 nitrogen and oxygen atoms in total. The van der Waals surface area contributed by atoms with Gasteiger partial charge in [-0.1, -0.05) is 30.7 Å². The molecule has 0 heterocycles. The Morgan fingerprint density at radius 3 is 2.52 bits per heavy atom. The zero-order chi connectivity index (χ0) is 18.2. The maximum atomic E-state index is 12.6. The summed E-state index contributed by atoms with van der Waals surface area (Å²) in [6.45, 7) is 0.608. The van der Waals surface area contributed by atoms with E-state index in [2.05, 4.69) is 4.72 Å². The molecule has 0 aliphatic carbocycles. The number of carbonyl (C=O) groups is 1. The third-order valence-electron chi connectivity index (χ3n) is 3.98. The van der Waals surface area contributed by atoms with Crippen LogP contribution in [-0.4, -0.2) is 36.0 Å². The fourth-order valence-electron chi connectivity index (χ4n) is 2.70. The molecule has 1 unspecified atom stereocenters. The van der Waals surface area contributed by atoms with Crippen molar-refractivity contribution in [3.8, 4) is 0 Å². The van der Waals surface area contributed by atoms with Crippen molar-refractivity contribution in [2.45, 2.75) is 30.6 Å². The minimum Gasteiger partial charge on any atom is -0.377 e. The Morgan fingerprint density at radius 1 is 1.08 bits per heavy atom. The Hall–Kier alpha value is -1.96. The van der Waals surface area contributed by atoms with Crippen molar-refractivity contribution in [2.75, 3.05) is 25.5 Å². The fourth-order valence-corrected chi connectivity index (χ4v) is 3.77. The summed E-state index contributed by atoms with van der Waals surface area (Å²) in [6, 6.07) is 11.9. The predicted octanol–water partition coefficient (Wildman–Crippen LogP) is 2.58. The van der Waals surface area contributed by atoms with E-state index in [9.17, 15) is 9.00 Å². The first-order chi connectivity index (χ1) is 12.0. The molecule has 0 bridgehead atoms. The molecule has 0 aromatic heterocycles. The average molecular weight is 363 g/mol. The Kier molecular flexibility index (Phi) is 7.36. The van der Waals surface area contributed by atoms with E-state index in [0.717, 1.165) is 34.2 Å². The van der Waals surface area contributed by atoms with E-state index in [-0.39, 0.29) is 5.91 Å². The number of anilines is 1. The monoisotopic (exact) mass is 363 g/mol. The van der Waals surface area contributed by atoms with Gasteiger partial charge in [0.2, 0.25) is 5.91 Å². The molecule has 0 radical (unpaired) electrons. The molecule has 3 N–H and O–H groups in total. The van der Waals surface area contributed by atoms with Gasteiger partial charge in [0.15, 0.2) is 0 Å². The smallest absolute Gasteiger partial charge is 0.243 e. The molecule has 7 heteroatoms. The van der Waals surface area contributed by atoms with E-state index < -0.39 is 11.0 Å². The van der Waals surface area contributed by atoms with Gasteiger partial charge in [-0.05, 0) is 25.0 Å². The van der Waals surface area contributed by atoms with Crippen molar-refractivity contribution in [1.29, 1.82) is 0 Å². The van der Waals surface area contributed by atoms with Gasteiger partial charge in [0.05, 0.1) is 4.90 Å². The van der Waals surface area contributed by atoms with Crippen molar-refractivity contribution < 1.29 is 14.2 Å². The third-order valence-corrected chi connectivity index (χ3v) is 5.20. The van der Waals surface area contributed by atoms with E-state index in [1.54, 1.807) is 5.48 Å². The lowest BCUT2D eigenvalue weighted by Crippen LogP contribution is -2.20. The number of hydroxylamine groups is 1. The van der Waals surface area contributed by atoms with Crippen LogP contribution in [0, 0.1) is 0 Å². The first-order valence-electron chi connectivity index (χ1n) is 8.32. The minimum atomic E-state index is -1.28. The normalized spacial score (nSPS) is 12.1. The number of hydrogen-bond acceptors (Lipinski definition) is 4. The SMILES string of the molecule is CN(C)c1cccc2c(S(=O)NCCCCCC(=O)NO)cccc12. The number of amides is 1. The van der Waals surface area contributed by atoms with Gasteiger partial charge in [-0.15, -0.1) is 0 Å². The molecular weight excluding hydrogens is 338 g/mol. The lowest BCUT2D eigenvalue weighted by atomic mass is 10.1. The van der Waals surface area contributed by atoms with Crippen LogP contribution in [0.2, 0.25) is 0 Å². The van der Waals surface area contributed by atoms with Crippen LogP contribution in [0.5, 0.6) is 0 Å². The number of benzene rings is 2. The lowest BCUT2D eigenvalue weighted by molar-refractivity contribution is -0.129. The molecule has 0 saturated heterocycles. The van der Waals surface area contributed by atoms with E-state index >= 15 is 0 Å². The highest BCUT2D eigenvalue weighted by molar-refractivity contribution is 7.83. The van der Waals surface area contributed by atoms with Crippen LogP contribution in [0.4, 0.5) is 5.69 Å². The molecule has 1 atom stereocenters. The first-order valence-corrected chi connectivity index (χ1v) is 9.47. The molecule has 25 heavy (non-hydrogen) atoms. The Morgan fingerprint density at radius 2 is 1.80 bits per heavy atom. The molecule has 2 rings (SSSR count). The molecular formula is C18H25N3O3S. The maximum Gasteiger partial charge on any atom is 0.243 e. The summed E-state index contributed by atoms with van der Waals surface area (Å²) >= 11 is 0. The highest BCUT2D eigenvalue weighted by Gasteiger charge is 2.11. The molecule has 0 aliphatic heterocycles. The average Bonchev–Trinajstić information content (AvgIpc) is 2.62. The van der Waals surface area contributed by atoms with Crippen molar-refractivity contribution in [1.82, 2.24) is 10.2 Å². The van der Waals surface area contributed by atoms with Gasteiger partial charge in [0.25, 0.3) is 0 Å². The van der Waals surface area contributed by atoms with E-state index in [0.29, 0.717) is 19.4 Å². The number of fused-ring (bicyclic) bond motifs is 1. The summed E-state index contributed by atoms with van der Waals surface area (Å²) in [7, 11) is 2.70. The second-order valence-corrected chi connectivity index (χ2v) is 7.30. The molecule has 1 amide bonds. The van der Waals surface area contributed by atoms with Crippen LogP contribution >= 0.6 is 0 Å². The number of rotatable bonds is 9. The van der Waals surface area contributed by atoms with Crippen LogP contribution in [0.25, 0.3) is 10.8 Å². The molecule has 2 aromatic rings. The van der Waals surface area contributed by atoms with E-state index in [1.165, 1.54) is 0 Å². The summed E-state index contributed by atoms with van der Waals surface area (Å²) in [5.74, 6) is -0.371. The van der Waals surface area contributed by atoms with Crippen molar-refractivity contribution in [3.63, 3.8) is 0 Å². The summed E-state index contributed by atoms with van der Waals surface area (Å²) in [6.07, 6.45) is 2.65. The fraction of sp³-hybridized carbons (Fsp3) is 0.389. The van der Waals surface area contributed by atoms with Crippen LogP contribution < -0.4 is 15.1 Å². The highest BCUT2D eigenvalue weighted by Crippen LogP contribution is 2.29. The quantitative estimate of drug-likeness (QED) is 0.363. The number of unbranched alkanes of at least 4 members (excludes halogenated alkanes) is 2. The van der Waals surface area contributed by atoms with Crippen LogP contribution in [0.15, 0.2) is 41.3 Å². The summed E-state index contributed by atoms with van der Waals surface area (Å²) < 4.78 is 15.7.